The zero-order valence-corrected chi connectivity index (χ0v) is 10.3. The highest BCUT2D eigenvalue weighted by molar-refractivity contribution is 5.35. The van der Waals surface area contributed by atoms with Gasteiger partial charge in [-0.05, 0) is 29.7 Å². The van der Waals surface area contributed by atoms with Crippen molar-refractivity contribution in [1.29, 1.82) is 0 Å². The van der Waals surface area contributed by atoms with Crippen LogP contribution in [0.3, 0.4) is 0 Å². The number of hydrogen-bond acceptors (Lipinski definition) is 1. The monoisotopic (exact) mass is 242 g/mol. The number of rotatable bonds is 3. The van der Waals surface area contributed by atoms with E-state index in [4.69, 9.17) is 4.74 Å². The van der Waals surface area contributed by atoms with Crippen molar-refractivity contribution in [3.8, 4) is 0 Å². The summed E-state index contributed by atoms with van der Waals surface area (Å²) in [4.78, 5) is 0. The SMILES string of the molecule is CC[C@@]1(c2ccccc2)O[C@@H]1c1ccc(F)cc1. The summed E-state index contributed by atoms with van der Waals surface area (Å²) < 4.78 is 18.9. The standard InChI is InChI=1S/C16H15FO/c1-2-16(13-6-4-3-5-7-13)15(18-16)12-8-10-14(17)11-9-12/h3-11,15H,2H2,1H3/t15-,16+/m1/s1. The first-order valence-corrected chi connectivity index (χ1v) is 6.25. The van der Waals surface area contributed by atoms with E-state index >= 15 is 0 Å². The van der Waals surface area contributed by atoms with Crippen LogP contribution in [0.25, 0.3) is 0 Å². The number of hydrogen-bond donors (Lipinski definition) is 0. The molecular weight excluding hydrogens is 227 g/mol. The maximum Gasteiger partial charge on any atom is 0.124 e. The highest BCUT2D eigenvalue weighted by Gasteiger charge is 2.56. The Morgan fingerprint density at radius 2 is 1.72 bits per heavy atom. The van der Waals surface area contributed by atoms with Gasteiger partial charge in [-0.15, -0.1) is 0 Å². The van der Waals surface area contributed by atoms with E-state index < -0.39 is 0 Å². The van der Waals surface area contributed by atoms with Gasteiger partial charge in [0.2, 0.25) is 0 Å². The van der Waals surface area contributed by atoms with E-state index in [1.165, 1.54) is 17.7 Å². The molecule has 0 amide bonds. The van der Waals surface area contributed by atoms with E-state index in [-0.39, 0.29) is 17.5 Å². The van der Waals surface area contributed by atoms with Crippen molar-refractivity contribution in [2.45, 2.75) is 25.0 Å². The molecule has 0 bridgehead atoms. The molecular formula is C16H15FO. The number of ether oxygens (including phenoxy) is 1. The third kappa shape index (κ3) is 1.73. The Morgan fingerprint density at radius 1 is 1.06 bits per heavy atom. The lowest BCUT2D eigenvalue weighted by atomic mass is 9.90. The highest BCUT2D eigenvalue weighted by Crippen LogP contribution is 2.58. The summed E-state index contributed by atoms with van der Waals surface area (Å²) in [5, 5.41) is 0. The number of epoxide rings is 1. The van der Waals surface area contributed by atoms with Crippen LogP contribution in [0.4, 0.5) is 4.39 Å². The lowest BCUT2D eigenvalue weighted by Crippen LogP contribution is -2.08. The molecule has 1 saturated heterocycles. The van der Waals surface area contributed by atoms with Crippen molar-refractivity contribution in [3.05, 3.63) is 71.5 Å². The number of halogens is 1. The normalized spacial score (nSPS) is 26.0. The Balaban J connectivity index is 1.92. The molecule has 1 aliphatic rings. The van der Waals surface area contributed by atoms with Crippen molar-refractivity contribution >= 4 is 0 Å². The van der Waals surface area contributed by atoms with E-state index in [9.17, 15) is 4.39 Å². The second-order valence-electron chi connectivity index (χ2n) is 4.66. The van der Waals surface area contributed by atoms with Gasteiger partial charge in [0, 0.05) is 0 Å². The largest absolute Gasteiger partial charge is 0.356 e. The number of benzene rings is 2. The van der Waals surface area contributed by atoms with Crippen LogP contribution in [0.5, 0.6) is 0 Å². The summed E-state index contributed by atoms with van der Waals surface area (Å²) in [5.41, 5.74) is 2.02. The molecule has 0 aromatic heterocycles. The summed E-state index contributed by atoms with van der Waals surface area (Å²) in [6.45, 7) is 2.12. The molecule has 2 atom stereocenters. The Morgan fingerprint density at radius 3 is 2.33 bits per heavy atom. The molecule has 1 aliphatic heterocycles. The molecule has 2 aromatic rings. The predicted octanol–water partition coefficient (Wildman–Crippen LogP) is 4.20. The minimum absolute atomic E-state index is 0.0468. The summed E-state index contributed by atoms with van der Waals surface area (Å²) in [5.74, 6) is -0.207. The predicted molar refractivity (Wildman–Crippen MR) is 68.6 cm³/mol. The lowest BCUT2D eigenvalue weighted by Gasteiger charge is -2.10. The van der Waals surface area contributed by atoms with Crippen LogP contribution in [0, 0.1) is 5.82 Å². The average molecular weight is 242 g/mol. The molecule has 1 nitrogen and oxygen atoms in total. The minimum atomic E-state index is -0.223. The van der Waals surface area contributed by atoms with Gasteiger partial charge >= 0.3 is 0 Å². The van der Waals surface area contributed by atoms with Crippen molar-refractivity contribution in [2.75, 3.05) is 0 Å². The summed E-state index contributed by atoms with van der Waals surface area (Å²) in [6.07, 6.45) is 0.962. The smallest absolute Gasteiger partial charge is 0.124 e. The van der Waals surface area contributed by atoms with E-state index in [0.29, 0.717) is 0 Å². The van der Waals surface area contributed by atoms with Gasteiger partial charge in [-0.2, -0.15) is 0 Å². The molecule has 0 aliphatic carbocycles. The van der Waals surface area contributed by atoms with E-state index in [1.54, 1.807) is 12.1 Å². The maximum atomic E-state index is 12.9. The topological polar surface area (TPSA) is 12.5 Å². The fourth-order valence-corrected chi connectivity index (χ4v) is 2.56. The average Bonchev–Trinajstić information content (AvgIpc) is 3.17. The first-order chi connectivity index (χ1) is 8.76. The molecule has 0 unspecified atom stereocenters. The molecule has 3 rings (SSSR count). The second kappa shape index (κ2) is 4.21. The van der Waals surface area contributed by atoms with Gasteiger partial charge in [-0.3, -0.25) is 0 Å². The highest BCUT2D eigenvalue weighted by atomic mass is 19.1. The third-order valence-corrected chi connectivity index (χ3v) is 3.65. The molecule has 1 fully saturated rings. The summed E-state index contributed by atoms with van der Waals surface area (Å²) in [7, 11) is 0. The van der Waals surface area contributed by atoms with Crippen molar-refractivity contribution in [1.82, 2.24) is 0 Å². The Bertz CT molecular complexity index is 535. The summed E-state index contributed by atoms with van der Waals surface area (Å²) in [6, 6.07) is 16.8. The summed E-state index contributed by atoms with van der Waals surface area (Å²) >= 11 is 0. The molecule has 2 heteroatoms. The van der Waals surface area contributed by atoms with Crippen LogP contribution < -0.4 is 0 Å². The van der Waals surface area contributed by atoms with Crippen LogP contribution in [-0.2, 0) is 10.3 Å². The molecule has 1 heterocycles. The van der Waals surface area contributed by atoms with Gasteiger partial charge in [-0.1, -0.05) is 49.4 Å². The molecule has 92 valence electrons. The fourth-order valence-electron chi connectivity index (χ4n) is 2.56. The van der Waals surface area contributed by atoms with E-state index in [2.05, 4.69) is 19.1 Å². The zero-order chi connectivity index (χ0) is 12.6. The molecule has 0 radical (unpaired) electrons. The Hall–Kier alpha value is -1.67. The van der Waals surface area contributed by atoms with Crippen LogP contribution >= 0.6 is 0 Å². The third-order valence-electron chi connectivity index (χ3n) is 3.65. The Labute approximate surface area is 106 Å². The quantitative estimate of drug-likeness (QED) is 0.735. The molecule has 0 N–H and O–H groups in total. The first kappa shape index (κ1) is 11.4. The first-order valence-electron chi connectivity index (χ1n) is 6.25. The van der Waals surface area contributed by atoms with Crippen LogP contribution in [-0.4, -0.2) is 0 Å². The van der Waals surface area contributed by atoms with Crippen molar-refractivity contribution in [2.24, 2.45) is 0 Å². The van der Waals surface area contributed by atoms with Gasteiger partial charge in [0.15, 0.2) is 0 Å². The van der Waals surface area contributed by atoms with Crippen LogP contribution in [0.2, 0.25) is 0 Å². The van der Waals surface area contributed by atoms with Crippen molar-refractivity contribution in [3.63, 3.8) is 0 Å². The minimum Gasteiger partial charge on any atom is -0.356 e. The van der Waals surface area contributed by atoms with Gasteiger partial charge in [-0.25, -0.2) is 4.39 Å². The van der Waals surface area contributed by atoms with E-state index in [0.717, 1.165) is 12.0 Å². The van der Waals surface area contributed by atoms with Gasteiger partial charge < -0.3 is 4.74 Å². The van der Waals surface area contributed by atoms with Gasteiger partial charge in [0.05, 0.1) is 0 Å². The van der Waals surface area contributed by atoms with E-state index in [1.807, 2.05) is 18.2 Å². The Kier molecular flexibility index (Phi) is 2.67. The lowest BCUT2D eigenvalue weighted by molar-refractivity contribution is 0.290. The van der Waals surface area contributed by atoms with Gasteiger partial charge in [0.25, 0.3) is 0 Å². The second-order valence-corrected chi connectivity index (χ2v) is 4.66. The fraction of sp³-hybridized carbons (Fsp3) is 0.250. The molecule has 2 aromatic carbocycles. The van der Waals surface area contributed by atoms with Crippen LogP contribution in [0.15, 0.2) is 54.6 Å². The van der Waals surface area contributed by atoms with Crippen LogP contribution in [0.1, 0.15) is 30.6 Å². The molecule has 0 spiro atoms. The van der Waals surface area contributed by atoms with Crippen molar-refractivity contribution < 1.29 is 9.13 Å². The molecule has 18 heavy (non-hydrogen) atoms. The van der Waals surface area contributed by atoms with Gasteiger partial charge in [0.1, 0.15) is 17.5 Å². The zero-order valence-electron chi connectivity index (χ0n) is 10.3. The maximum absolute atomic E-state index is 12.9. The molecule has 0 saturated carbocycles.